The van der Waals surface area contributed by atoms with Crippen LogP contribution in [0, 0.1) is 5.92 Å². The lowest BCUT2D eigenvalue weighted by atomic mass is 9.96. The van der Waals surface area contributed by atoms with Gasteiger partial charge in [0.25, 0.3) is 0 Å². The fourth-order valence-electron chi connectivity index (χ4n) is 2.44. The summed E-state index contributed by atoms with van der Waals surface area (Å²) in [6.45, 7) is 3.32. The number of likely N-dealkylation sites (tertiary alicyclic amines) is 1. The predicted molar refractivity (Wildman–Crippen MR) is 85.9 cm³/mol. The van der Waals surface area contributed by atoms with Crippen LogP contribution in [0.25, 0.3) is 0 Å². The second-order valence-corrected chi connectivity index (χ2v) is 6.74. The van der Waals surface area contributed by atoms with E-state index in [0.29, 0.717) is 31.1 Å². The molecule has 0 aliphatic carbocycles. The maximum atomic E-state index is 12.3. The van der Waals surface area contributed by atoms with Gasteiger partial charge in [0.1, 0.15) is 5.01 Å². The first-order chi connectivity index (χ1) is 10.5. The maximum absolute atomic E-state index is 12.3. The zero-order chi connectivity index (χ0) is 16.1. The summed E-state index contributed by atoms with van der Waals surface area (Å²) in [5.41, 5.74) is 0. The van der Waals surface area contributed by atoms with Crippen molar-refractivity contribution in [1.82, 2.24) is 20.0 Å². The molecule has 0 bridgehead atoms. The highest BCUT2D eigenvalue weighted by atomic mass is 32.1. The van der Waals surface area contributed by atoms with Gasteiger partial charge < -0.3 is 15.1 Å². The average molecular weight is 325 g/mol. The van der Waals surface area contributed by atoms with Crippen LogP contribution in [0.2, 0.25) is 0 Å². The van der Waals surface area contributed by atoms with Crippen molar-refractivity contribution in [1.29, 1.82) is 0 Å². The van der Waals surface area contributed by atoms with E-state index in [4.69, 9.17) is 0 Å². The van der Waals surface area contributed by atoms with Crippen molar-refractivity contribution in [3.8, 4) is 0 Å². The number of hydrogen-bond donors (Lipinski definition) is 1. The summed E-state index contributed by atoms with van der Waals surface area (Å²) in [6.07, 6.45) is 3.28. The van der Waals surface area contributed by atoms with Gasteiger partial charge in [0.15, 0.2) is 0 Å². The minimum absolute atomic E-state index is 0.00666. The smallest absolute Gasteiger partial charge is 0.319 e. The van der Waals surface area contributed by atoms with E-state index in [9.17, 15) is 9.59 Å². The molecule has 1 fully saturated rings. The van der Waals surface area contributed by atoms with Crippen LogP contribution in [-0.4, -0.2) is 59.1 Å². The topological polar surface area (TPSA) is 78.4 Å². The lowest BCUT2D eigenvalue weighted by molar-refractivity contribution is -0.121. The monoisotopic (exact) mass is 325 g/mol. The molecule has 1 aliphatic rings. The highest BCUT2D eigenvalue weighted by Crippen LogP contribution is 2.22. The molecule has 2 heterocycles. The lowest BCUT2D eigenvalue weighted by Gasteiger charge is -2.32. The third-order valence-electron chi connectivity index (χ3n) is 3.68. The highest BCUT2D eigenvalue weighted by Gasteiger charge is 2.28. The van der Waals surface area contributed by atoms with Gasteiger partial charge in [-0.1, -0.05) is 18.3 Å². The Balaban J connectivity index is 1.83. The van der Waals surface area contributed by atoms with Crippen molar-refractivity contribution >= 4 is 28.4 Å². The standard InChI is InChI=1S/C14H23N5O2S/c1-4-5-11-16-17-13(22-11)15-12(20)10-6-8-19(9-7-10)14(21)18(2)3/h10H,4-9H2,1-3H3,(H,15,17,20). The van der Waals surface area contributed by atoms with Crippen LogP contribution in [0.1, 0.15) is 31.2 Å². The Morgan fingerprint density at radius 3 is 2.59 bits per heavy atom. The van der Waals surface area contributed by atoms with Crippen LogP contribution in [0.3, 0.4) is 0 Å². The molecule has 1 N–H and O–H groups in total. The van der Waals surface area contributed by atoms with Crippen LogP contribution in [0.4, 0.5) is 9.93 Å². The van der Waals surface area contributed by atoms with Gasteiger partial charge in [0, 0.05) is 39.5 Å². The summed E-state index contributed by atoms with van der Waals surface area (Å²) in [4.78, 5) is 27.5. The summed E-state index contributed by atoms with van der Waals surface area (Å²) < 4.78 is 0. The molecular formula is C14H23N5O2S. The van der Waals surface area contributed by atoms with E-state index >= 15 is 0 Å². The van der Waals surface area contributed by atoms with Crippen LogP contribution in [0.15, 0.2) is 0 Å². The number of carbonyl (C=O) groups is 2. The summed E-state index contributed by atoms with van der Waals surface area (Å²) in [5.74, 6) is -0.0825. The average Bonchev–Trinajstić information content (AvgIpc) is 2.94. The summed E-state index contributed by atoms with van der Waals surface area (Å²) in [6, 6.07) is 0.00666. The molecule has 0 saturated carbocycles. The molecule has 1 aromatic rings. The largest absolute Gasteiger partial charge is 0.331 e. The number of nitrogens with zero attached hydrogens (tertiary/aromatic N) is 4. The Hall–Kier alpha value is -1.70. The number of nitrogens with one attached hydrogen (secondary N) is 1. The second-order valence-electron chi connectivity index (χ2n) is 5.68. The quantitative estimate of drug-likeness (QED) is 0.916. The molecule has 0 atom stereocenters. The molecule has 0 radical (unpaired) electrons. The van der Waals surface area contributed by atoms with Crippen molar-refractivity contribution in [3.05, 3.63) is 5.01 Å². The second kappa shape index (κ2) is 7.53. The highest BCUT2D eigenvalue weighted by molar-refractivity contribution is 7.15. The molecule has 1 aromatic heterocycles. The molecule has 0 aromatic carbocycles. The Morgan fingerprint density at radius 2 is 2.00 bits per heavy atom. The van der Waals surface area contributed by atoms with Crippen molar-refractivity contribution < 1.29 is 9.59 Å². The van der Waals surface area contributed by atoms with Gasteiger partial charge in [-0.15, -0.1) is 10.2 Å². The van der Waals surface area contributed by atoms with Gasteiger partial charge in [0.05, 0.1) is 0 Å². The molecular weight excluding hydrogens is 302 g/mol. The number of aromatic nitrogens is 2. The van der Waals surface area contributed by atoms with Crippen LogP contribution >= 0.6 is 11.3 Å². The molecule has 3 amide bonds. The number of piperidine rings is 1. The fraction of sp³-hybridized carbons (Fsp3) is 0.714. The van der Waals surface area contributed by atoms with E-state index in [0.717, 1.165) is 17.8 Å². The van der Waals surface area contributed by atoms with E-state index in [1.54, 1.807) is 23.9 Å². The molecule has 22 heavy (non-hydrogen) atoms. The van der Waals surface area contributed by atoms with Gasteiger partial charge in [-0.2, -0.15) is 0 Å². The van der Waals surface area contributed by atoms with Crippen molar-refractivity contribution in [2.45, 2.75) is 32.6 Å². The van der Waals surface area contributed by atoms with E-state index in [1.807, 2.05) is 0 Å². The Kier molecular flexibility index (Phi) is 5.70. The Labute approximate surface area is 134 Å². The fourth-order valence-corrected chi connectivity index (χ4v) is 3.29. The van der Waals surface area contributed by atoms with E-state index in [1.165, 1.54) is 11.3 Å². The molecule has 0 unspecified atom stereocenters. The first-order valence-corrected chi connectivity index (χ1v) is 8.42. The SMILES string of the molecule is CCCc1nnc(NC(=O)C2CCN(C(=O)N(C)C)CC2)s1. The molecule has 122 valence electrons. The van der Waals surface area contributed by atoms with Gasteiger partial charge >= 0.3 is 6.03 Å². The van der Waals surface area contributed by atoms with Crippen LogP contribution in [-0.2, 0) is 11.2 Å². The number of aryl methyl sites for hydroxylation is 1. The van der Waals surface area contributed by atoms with Crippen molar-refractivity contribution in [2.24, 2.45) is 5.92 Å². The third-order valence-corrected chi connectivity index (χ3v) is 4.58. The molecule has 0 spiro atoms. The molecule has 8 heteroatoms. The minimum Gasteiger partial charge on any atom is -0.331 e. The number of amides is 3. The van der Waals surface area contributed by atoms with Crippen LogP contribution < -0.4 is 5.32 Å². The van der Waals surface area contributed by atoms with Gasteiger partial charge in [0.2, 0.25) is 11.0 Å². The van der Waals surface area contributed by atoms with Gasteiger partial charge in [-0.3, -0.25) is 4.79 Å². The number of hydrogen-bond acceptors (Lipinski definition) is 5. The molecule has 7 nitrogen and oxygen atoms in total. The predicted octanol–water partition coefficient (Wildman–Crippen LogP) is 1.82. The number of carbonyl (C=O) groups excluding carboxylic acids is 2. The van der Waals surface area contributed by atoms with Crippen molar-refractivity contribution in [2.75, 3.05) is 32.5 Å². The molecule has 1 saturated heterocycles. The van der Waals surface area contributed by atoms with E-state index < -0.39 is 0 Å². The summed E-state index contributed by atoms with van der Waals surface area (Å²) in [7, 11) is 3.48. The lowest BCUT2D eigenvalue weighted by Crippen LogP contribution is -2.45. The van der Waals surface area contributed by atoms with Crippen molar-refractivity contribution in [3.63, 3.8) is 0 Å². The Bertz CT molecular complexity index is 523. The zero-order valence-corrected chi connectivity index (χ0v) is 14.2. The van der Waals surface area contributed by atoms with E-state index in [-0.39, 0.29) is 17.9 Å². The molecule has 1 aliphatic heterocycles. The number of urea groups is 1. The third kappa shape index (κ3) is 4.16. The maximum Gasteiger partial charge on any atom is 0.319 e. The normalized spacial score (nSPS) is 15.7. The summed E-state index contributed by atoms with van der Waals surface area (Å²) >= 11 is 1.43. The Morgan fingerprint density at radius 1 is 1.32 bits per heavy atom. The summed E-state index contributed by atoms with van der Waals surface area (Å²) in [5, 5.41) is 12.4. The first kappa shape index (κ1) is 16.7. The number of anilines is 1. The van der Waals surface area contributed by atoms with E-state index in [2.05, 4.69) is 22.4 Å². The van der Waals surface area contributed by atoms with Gasteiger partial charge in [-0.05, 0) is 19.3 Å². The minimum atomic E-state index is -0.0651. The van der Waals surface area contributed by atoms with Crippen LogP contribution in [0.5, 0.6) is 0 Å². The first-order valence-electron chi connectivity index (χ1n) is 7.60. The number of rotatable bonds is 4. The van der Waals surface area contributed by atoms with Gasteiger partial charge in [-0.25, -0.2) is 4.79 Å². The zero-order valence-electron chi connectivity index (χ0n) is 13.3. The molecule has 2 rings (SSSR count).